The van der Waals surface area contributed by atoms with E-state index in [1.165, 1.54) is 0 Å². The van der Waals surface area contributed by atoms with Gasteiger partial charge in [0, 0.05) is 12.1 Å². The second-order valence-electron chi connectivity index (χ2n) is 5.74. The summed E-state index contributed by atoms with van der Waals surface area (Å²) in [5, 5.41) is 2.98. The van der Waals surface area contributed by atoms with Gasteiger partial charge in [-0.2, -0.15) is 0 Å². The molecule has 6 heteroatoms. The first kappa shape index (κ1) is 22.1. The van der Waals surface area contributed by atoms with Crippen molar-refractivity contribution < 1.29 is 19.0 Å². The maximum absolute atomic E-state index is 12.5. The molecule has 0 atom stereocenters. The predicted octanol–water partition coefficient (Wildman–Crippen LogP) is 3.34. The molecule has 0 unspecified atom stereocenters. The summed E-state index contributed by atoms with van der Waals surface area (Å²) in [6.07, 6.45) is 0.918. The highest BCUT2D eigenvalue weighted by molar-refractivity contribution is 5.95. The van der Waals surface area contributed by atoms with Gasteiger partial charge >= 0.3 is 0 Å². The lowest BCUT2D eigenvalue weighted by Crippen LogP contribution is -2.30. The number of hydrogen-bond acceptors (Lipinski definition) is 5. The van der Waals surface area contributed by atoms with Crippen LogP contribution in [0.25, 0.3) is 0 Å². The van der Waals surface area contributed by atoms with Crippen molar-refractivity contribution in [3.8, 4) is 17.2 Å². The molecule has 0 bridgehead atoms. The van der Waals surface area contributed by atoms with Gasteiger partial charge < -0.3 is 24.4 Å². The molecule has 0 radical (unpaired) electrons. The summed E-state index contributed by atoms with van der Waals surface area (Å²) in [7, 11) is 0. The predicted molar refractivity (Wildman–Crippen MR) is 105 cm³/mol. The first-order valence-corrected chi connectivity index (χ1v) is 9.67. The van der Waals surface area contributed by atoms with Crippen molar-refractivity contribution in [2.45, 2.75) is 41.0 Å². The second-order valence-corrected chi connectivity index (χ2v) is 5.74. The molecular formula is C20H34N2O4. The Kier molecular flexibility index (Phi) is 10.5. The van der Waals surface area contributed by atoms with Crippen molar-refractivity contribution in [3.05, 3.63) is 17.7 Å². The molecule has 1 rings (SSSR count). The standard InChI is InChI=1S/C20H34N2O4/c1-6-22(7-2)13-11-12-21-20(23)16-14-17(24-8-3)19(26-10-5)18(15-16)25-9-4/h14-15H,6-13H2,1-5H3,(H,21,23). The average molecular weight is 367 g/mol. The van der Waals surface area contributed by atoms with Crippen LogP contribution >= 0.6 is 0 Å². The van der Waals surface area contributed by atoms with E-state index in [0.29, 0.717) is 49.2 Å². The van der Waals surface area contributed by atoms with E-state index < -0.39 is 0 Å². The first-order valence-electron chi connectivity index (χ1n) is 9.67. The van der Waals surface area contributed by atoms with Crippen LogP contribution < -0.4 is 19.5 Å². The fourth-order valence-corrected chi connectivity index (χ4v) is 2.67. The van der Waals surface area contributed by atoms with Crippen LogP contribution in [0.3, 0.4) is 0 Å². The minimum atomic E-state index is -0.130. The van der Waals surface area contributed by atoms with Crippen LogP contribution in [0.1, 0.15) is 51.4 Å². The number of carbonyl (C=O) groups excluding carboxylic acids is 1. The zero-order valence-corrected chi connectivity index (χ0v) is 16.9. The molecule has 6 nitrogen and oxygen atoms in total. The fourth-order valence-electron chi connectivity index (χ4n) is 2.67. The zero-order chi connectivity index (χ0) is 19.4. The fraction of sp³-hybridized carbons (Fsp3) is 0.650. The topological polar surface area (TPSA) is 60.0 Å². The Morgan fingerprint density at radius 3 is 1.92 bits per heavy atom. The SMILES string of the molecule is CCOc1cc(C(=O)NCCCN(CC)CC)cc(OCC)c1OCC. The Balaban J connectivity index is 2.84. The number of nitrogens with zero attached hydrogens (tertiary/aromatic N) is 1. The van der Waals surface area contributed by atoms with Crippen molar-refractivity contribution in [3.63, 3.8) is 0 Å². The van der Waals surface area contributed by atoms with Gasteiger partial charge in [-0.15, -0.1) is 0 Å². The minimum Gasteiger partial charge on any atom is -0.490 e. The Bertz CT molecular complexity index is 518. The lowest BCUT2D eigenvalue weighted by Gasteiger charge is -2.18. The third-order valence-corrected chi connectivity index (χ3v) is 4.00. The number of benzene rings is 1. The molecule has 0 spiro atoms. The number of amides is 1. The van der Waals surface area contributed by atoms with E-state index in [2.05, 4.69) is 24.1 Å². The largest absolute Gasteiger partial charge is 0.490 e. The van der Waals surface area contributed by atoms with E-state index >= 15 is 0 Å². The quantitative estimate of drug-likeness (QED) is 0.543. The number of carbonyl (C=O) groups is 1. The van der Waals surface area contributed by atoms with Crippen LogP contribution in [0, 0.1) is 0 Å². The highest BCUT2D eigenvalue weighted by atomic mass is 16.5. The maximum atomic E-state index is 12.5. The molecule has 0 fully saturated rings. The third kappa shape index (κ3) is 6.75. The lowest BCUT2D eigenvalue weighted by molar-refractivity contribution is 0.0950. The van der Waals surface area contributed by atoms with Gasteiger partial charge in [0.1, 0.15) is 0 Å². The minimum absolute atomic E-state index is 0.130. The van der Waals surface area contributed by atoms with Crippen molar-refractivity contribution in [1.29, 1.82) is 0 Å². The van der Waals surface area contributed by atoms with Crippen LogP contribution in [0.4, 0.5) is 0 Å². The summed E-state index contributed by atoms with van der Waals surface area (Å²) in [6, 6.07) is 3.44. The number of nitrogens with one attached hydrogen (secondary N) is 1. The highest BCUT2D eigenvalue weighted by Crippen LogP contribution is 2.39. The third-order valence-electron chi connectivity index (χ3n) is 4.00. The molecule has 0 saturated carbocycles. The van der Waals surface area contributed by atoms with Crippen LogP contribution in [0.5, 0.6) is 17.2 Å². The van der Waals surface area contributed by atoms with Gasteiger partial charge in [0.2, 0.25) is 5.75 Å². The van der Waals surface area contributed by atoms with Gasteiger partial charge in [-0.25, -0.2) is 0 Å². The number of ether oxygens (including phenoxy) is 3. The molecule has 1 aromatic carbocycles. The lowest BCUT2D eigenvalue weighted by atomic mass is 10.1. The number of rotatable bonds is 13. The van der Waals surface area contributed by atoms with Gasteiger partial charge in [-0.3, -0.25) is 4.79 Å². The normalized spacial score (nSPS) is 10.7. The average Bonchev–Trinajstić information content (AvgIpc) is 2.64. The van der Waals surface area contributed by atoms with E-state index in [1.54, 1.807) is 12.1 Å². The van der Waals surface area contributed by atoms with E-state index in [-0.39, 0.29) is 5.91 Å². The summed E-state index contributed by atoms with van der Waals surface area (Å²) in [6.45, 7) is 15.1. The van der Waals surface area contributed by atoms with Gasteiger partial charge in [0.15, 0.2) is 11.5 Å². The molecule has 0 heterocycles. The molecular weight excluding hydrogens is 332 g/mol. The monoisotopic (exact) mass is 366 g/mol. The van der Waals surface area contributed by atoms with E-state index in [4.69, 9.17) is 14.2 Å². The Hall–Kier alpha value is -1.95. The van der Waals surface area contributed by atoms with E-state index in [9.17, 15) is 4.79 Å². The summed E-state index contributed by atoms with van der Waals surface area (Å²) in [4.78, 5) is 14.9. The van der Waals surface area contributed by atoms with Gasteiger partial charge in [0.25, 0.3) is 5.91 Å². The molecule has 0 aromatic heterocycles. The van der Waals surface area contributed by atoms with Crippen molar-refractivity contribution >= 4 is 5.91 Å². The smallest absolute Gasteiger partial charge is 0.251 e. The van der Waals surface area contributed by atoms with Crippen LogP contribution in [0.2, 0.25) is 0 Å². The van der Waals surface area contributed by atoms with E-state index in [0.717, 1.165) is 26.1 Å². The molecule has 0 aliphatic carbocycles. The van der Waals surface area contributed by atoms with Crippen molar-refractivity contribution in [1.82, 2.24) is 10.2 Å². The molecule has 148 valence electrons. The van der Waals surface area contributed by atoms with Crippen LogP contribution in [-0.4, -0.2) is 56.8 Å². The molecule has 1 amide bonds. The summed E-state index contributed by atoms with van der Waals surface area (Å²) >= 11 is 0. The first-order chi connectivity index (χ1) is 12.6. The summed E-state index contributed by atoms with van der Waals surface area (Å²) in [5.74, 6) is 1.49. The molecule has 1 N–H and O–H groups in total. The van der Waals surface area contributed by atoms with Crippen molar-refractivity contribution in [2.75, 3.05) is 46.0 Å². The molecule has 0 aliphatic heterocycles. The Morgan fingerprint density at radius 1 is 0.923 bits per heavy atom. The highest BCUT2D eigenvalue weighted by Gasteiger charge is 2.18. The van der Waals surface area contributed by atoms with Gasteiger partial charge in [-0.1, -0.05) is 13.8 Å². The van der Waals surface area contributed by atoms with Gasteiger partial charge in [0.05, 0.1) is 19.8 Å². The maximum Gasteiger partial charge on any atom is 0.251 e. The Labute approximate surface area is 157 Å². The van der Waals surface area contributed by atoms with Gasteiger partial charge in [-0.05, 0) is 59.0 Å². The number of hydrogen-bond donors (Lipinski definition) is 1. The molecule has 26 heavy (non-hydrogen) atoms. The Morgan fingerprint density at radius 2 is 1.46 bits per heavy atom. The molecule has 0 aliphatic rings. The second kappa shape index (κ2) is 12.4. The zero-order valence-electron chi connectivity index (χ0n) is 16.9. The van der Waals surface area contributed by atoms with Crippen LogP contribution in [-0.2, 0) is 0 Å². The van der Waals surface area contributed by atoms with Crippen LogP contribution in [0.15, 0.2) is 12.1 Å². The summed E-state index contributed by atoms with van der Waals surface area (Å²) < 4.78 is 17.0. The van der Waals surface area contributed by atoms with E-state index in [1.807, 2.05) is 20.8 Å². The van der Waals surface area contributed by atoms with Crippen molar-refractivity contribution in [2.24, 2.45) is 0 Å². The molecule has 1 aromatic rings. The summed E-state index contributed by atoms with van der Waals surface area (Å²) in [5.41, 5.74) is 0.517. The molecule has 0 saturated heterocycles.